The summed E-state index contributed by atoms with van der Waals surface area (Å²) in [4.78, 5) is 21.9. The maximum absolute atomic E-state index is 12.9. The van der Waals surface area contributed by atoms with Crippen LogP contribution in [-0.2, 0) is 4.79 Å². The largest absolute Gasteiger partial charge is 0.485 e. The minimum Gasteiger partial charge on any atom is -0.485 e. The fourth-order valence-electron chi connectivity index (χ4n) is 3.77. The van der Waals surface area contributed by atoms with Crippen molar-refractivity contribution >= 4 is 32.6 Å². The Labute approximate surface area is 173 Å². The third-order valence-electron chi connectivity index (χ3n) is 5.64. The lowest BCUT2D eigenvalue weighted by atomic mass is 10.1. The lowest BCUT2D eigenvalue weighted by molar-refractivity contribution is -0.141. The smallest absolute Gasteiger partial charge is 0.267 e. The molecule has 1 unspecified atom stereocenters. The summed E-state index contributed by atoms with van der Waals surface area (Å²) in [5.41, 5.74) is 3.61. The maximum atomic E-state index is 12.9. The first-order valence-corrected chi connectivity index (χ1v) is 10.7. The number of nitrogens with zero attached hydrogens (tertiary/aromatic N) is 3. The normalized spacial score (nSPS) is 18.9. The van der Waals surface area contributed by atoms with E-state index in [0.717, 1.165) is 23.7 Å². The van der Waals surface area contributed by atoms with Crippen LogP contribution in [0.2, 0.25) is 0 Å². The van der Waals surface area contributed by atoms with Gasteiger partial charge in [-0.2, -0.15) is 0 Å². The Morgan fingerprint density at radius 3 is 2.59 bits per heavy atom. The highest BCUT2D eigenvalue weighted by Crippen LogP contribution is 2.33. The number of fused-ring (bicyclic) bond motifs is 2. The predicted octanol–water partition coefficient (Wildman–Crippen LogP) is 3.40. The number of ether oxygens (including phenoxy) is 2. The molecule has 1 amide bonds. The van der Waals surface area contributed by atoms with Gasteiger partial charge in [0.25, 0.3) is 5.91 Å². The summed E-state index contributed by atoms with van der Waals surface area (Å²) in [6.07, 6.45) is -0.579. The summed E-state index contributed by atoms with van der Waals surface area (Å²) in [5.74, 6) is 1.33. The molecule has 150 valence electrons. The Hall–Kier alpha value is -2.80. The molecule has 3 aromatic rings. The zero-order chi connectivity index (χ0) is 20.0. The summed E-state index contributed by atoms with van der Waals surface area (Å²) >= 11 is 1.72. The number of hydrogen-bond acceptors (Lipinski definition) is 6. The van der Waals surface area contributed by atoms with Crippen molar-refractivity contribution in [3.8, 4) is 11.5 Å². The van der Waals surface area contributed by atoms with Gasteiger partial charge in [-0.05, 0) is 49.2 Å². The predicted molar refractivity (Wildman–Crippen MR) is 114 cm³/mol. The number of piperazine rings is 1. The molecule has 1 atom stereocenters. The van der Waals surface area contributed by atoms with E-state index in [9.17, 15) is 4.79 Å². The first-order chi connectivity index (χ1) is 14.1. The molecule has 0 radical (unpaired) electrons. The van der Waals surface area contributed by atoms with Crippen molar-refractivity contribution in [3.05, 3.63) is 47.5 Å². The van der Waals surface area contributed by atoms with E-state index in [1.54, 1.807) is 11.3 Å². The van der Waals surface area contributed by atoms with Crippen LogP contribution in [0.5, 0.6) is 11.5 Å². The molecule has 0 bridgehead atoms. The van der Waals surface area contributed by atoms with Crippen LogP contribution in [0.3, 0.4) is 0 Å². The lowest BCUT2D eigenvalue weighted by Gasteiger charge is -2.37. The average molecular weight is 410 g/mol. The highest BCUT2D eigenvalue weighted by molar-refractivity contribution is 7.22. The van der Waals surface area contributed by atoms with Gasteiger partial charge in [0.2, 0.25) is 6.10 Å². The van der Waals surface area contributed by atoms with Crippen LogP contribution in [0.25, 0.3) is 10.2 Å². The van der Waals surface area contributed by atoms with Gasteiger partial charge in [-0.1, -0.05) is 23.5 Å². The lowest BCUT2D eigenvalue weighted by Crippen LogP contribution is -2.54. The zero-order valence-electron chi connectivity index (χ0n) is 16.6. The molecule has 29 heavy (non-hydrogen) atoms. The van der Waals surface area contributed by atoms with Crippen LogP contribution in [0.15, 0.2) is 36.4 Å². The molecule has 1 fully saturated rings. The number of amides is 1. The van der Waals surface area contributed by atoms with Crippen LogP contribution in [-0.4, -0.2) is 54.7 Å². The second-order valence-electron chi connectivity index (χ2n) is 7.58. The van der Waals surface area contributed by atoms with Gasteiger partial charge in [-0.25, -0.2) is 4.98 Å². The zero-order valence-corrected chi connectivity index (χ0v) is 17.4. The second kappa shape index (κ2) is 7.22. The van der Waals surface area contributed by atoms with E-state index < -0.39 is 6.10 Å². The Morgan fingerprint density at radius 2 is 1.79 bits per heavy atom. The van der Waals surface area contributed by atoms with E-state index in [4.69, 9.17) is 14.5 Å². The quantitative estimate of drug-likeness (QED) is 0.649. The molecular weight excluding hydrogens is 386 g/mol. The second-order valence-corrected chi connectivity index (χ2v) is 8.59. The molecule has 2 aliphatic rings. The molecule has 2 aliphatic heterocycles. The Bertz CT molecular complexity index is 1030. The number of carbonyl (C=O) groups is 1. The number of thiazole rings is 1. The summed E-state index contributed by atoms with van der Waals surface area (Å²) in [5, 5.41) is 1.03. The van der Waals surface area contributed by atoms with Crippen LogP contribution < -0.4 is 14.4 Å². The monoisotopic (exact) mass is 409 g/mol. The van der Waals surface area contributed by atoms with Gasteiger partial charge in [0, 0.05) is 26.2 Å². The molecule has 5 rings (SSSR count). The Balaban J connectivity index is 1.24. The number of hydrogen-bond donors (Lipinski definition) is 0. The highest BCUT2D eigenvalue weighted by atomic mass is 32.1. The summed E-state index contributed by atoms with van der Waals surface area (Å²) in [6.45, 7) is 7.37. The first-order valence-electron chi connectivity index (χ1n) is 9.88. The van der Waals surface area contributed by atoms with E-state index >= 15 is 0 Å². The van der Waals surface area contributed by atoms with E-state index in [-0.39, 0.29) is 12.5 Å². The highest BCUT2D eigenvalue weighted by Gasteiger charge is 2.33. The van der Waals surface area contributed by atoms with Gasteiger partial charge < -0.3 is 19.3 Å². The van der Waals surface area contributed by atoms with Crippen molar-refractivity contribution in [1.29, 1.82) is 0 Å². The van der Waals surface area contributed by atoms with Gasteiger partial charge in [-0.15, -0.1) is 0 Å². The number of rotatable bonds is 2. The SMILES string of the molecule is Cc1cc2nc(N3CCN(C(=O)C4COc5ccccc5O4)CC3)sc2cc1C. The molecule has 3 heterocycles. The van der Waals surface area contributed by atoms with Crippen LogP contribution >= 0.6 is 11.3 Å². The topological polar surface area (TPSA) is 54.9 Å². The summed E-state index contributed by atoms with van der Waals surface area (Å²) in [7, 11) is 0. The van der Waals surface area contributed by atoms with E-state index in [2.05, 4.69) is 30.9 Å². The van der Waals surface area contributed by atoms with Crippen LogP contribution in [0.1, 0.15) is 11.1 Å². The van der Waals surface area contributed by atoms with Gasteiger partial charge >= 0.3 is 0 Å². The van der Waals surface area contributed by atoms with E-state index in [0.29, 0.717) is 24.6 Å². The molecule has 0 N–H and O–H groups in total. The number of carbonyl (C=O) groups excluding carboxylic acids is 1. The van der Waals surface area contributed by atoms with E-state index in [1.165, 1.54) is 15.8 Å². The number of aromatic nitrogens is 1. The molecule has 7 heteroatoms. The van der Waals surface area contributed by atoms with Crippen molar-refractivity contribution in [2.75, 3.05) is 37.7 Å². The third-order valence-corrected chi connectivity index (χ3v) is 6.72. The molecule has 2 aromatic carbocycles. The summed E-state index contributed by atoms with van der Waals surface area (Å²) in [6, 6.07) is 11.8. The Morgan fingerprint density at radius 1 is 1.07 bits per heavy atom. The van der Waals surface area contributed by atoms with Crippen molar-refractivity contribution in [3.63, 3.8) is 0 Å². The number of anilines is 1. The molecular formula is C22H23N3O3S. The minimum absolute atomic E-state index is 0.00491. The van der Waals surface area contributed by atoms with Crippen molar-refractivity contribution in [2.24, 2.45) is 0 Å². The van der Waals surface area contributed by atoms with Crippen LogP contribution in [0.4, 0.5) is 5.13 Å². The number of benzene rings is 2. The summed E-state index contributed by atoms with van der Waals surface area (Å²) < 4.78 is 12.8. The fraction of sp³-hybridized carbons (Fsp3) is 0.364. The molecule has 0 spiro atoms. The van der Waals surface area contributed by atoms with Crippen molar-refractivity contribution in [1.82, 2.24) is 9.88 Å². The van der Waals surface area contributed by atoms with Gasteiger partial charge in [0.15, 0.2) is 16.6 Å². The van der Waals surface area contributed by atoms with E-state index in [1.807, 2.05) is 29.2 Å². The molecule has 1 aromatic heterocycles. The molecule has 0 aliphatic carbocycles. The van der Waals surface area contributed by atoms with Gasteiger partial charge in [-0.3, -0.25) is 4.79 Å². The average Bonchev–Trinajstić information content (AvgIpc) is 3.16. The van der Waals surface area contributed by atoms with Crippen LogP contribution in [0, 0.1) is 13.8 Å². The first kappa shape index (κ1) is 18.2. The maximum Gasteiger partial charge on any atom is 0.267 e. The fourth-order valence-corrected chi connectivity index (χ4v) is 4.86. The van der Waals surface area contributed by atoms with Crippen molar-refractivity contribution in [2.45, 2.75) is 20.0 Å². The van der Waals surface area contributed by atoms with Gasteiger partial charge in [0.1, 0.15) is 6.61 Å². The Kier molecular flexibility index (Phi) is 4.54. The van der Waals surface area contributed by atoms with Gasteiger partial charge in [0.05, 0.1) is 10.2 Å². The molecule has 1 saturated heterocycles. The van der Waals surface area contributed by atoms with Crippen molar-refractivity contribution < 1.29 is 14.3 Å². The number of para-hydroxylation sites is 2. The molecule has 6 nitrogen and oxygen atoms in total. The standard InChI is InChI=1S/C22H23N3O3S/c1-14-11-16-20(12-15(14)2)29-22(23-16)25-9-7-24(8-10-25)21(26)19-13-27-17-5-3-4-6-18(17)28-19/h3-6,11-12,19H,7-10,13H2,1-2H3. The third kappa shape index (κ3) is 3.40. The molecule has 0 saturated carbocycles. The minimum atomic E-state index is -0.579. The number of aryl methyl sites for hydroxylation is 2.